The van der Waals surface area contributed by atoms with Gasteiger partial charge in [0.05, 0.1) is 18.2 Å². The van der Waals surface area contributed by atoms with Crippen molar-refractivity contribution in [1.29, 1.82) is 0 Å². The predicted octanol–water partition coefficient (Wildman–Crippen LogP) is 1.85. The van der Waals surface area contributed by atoms with Gasteiger partial charge in [-0.05, 0) is 24.6 Å². The van der Waals surface area contributed by atoms with Crippen molar-refractivity contribution in [2.45, 2.75) is 6.92 Å². The summed E-state index contributed by atoms with van der Waals surface area (Å²) in [5, 5.41) is 3.57. The molecule has 1 aromatic carbocycles. The number of aromatic nitrogens is 1. The summed E-state index contributed by atoms with van der Waals surface area (Å²) in [6.07, 6.45) is 1.82. The Morgan fingerprint density at radius 1 is 1.41 bits per heavy atom. The van der Waals surface area contributed by atoms with Crippen LogP contribution in [0, 0.1) is 6.92 Å². The molecule has 0 atom stereocenters. The van der Waals surface area contributed by atoms with Crippen molar-refractivity contribution in [3.05, 3.63) is 29.5 Å². The third-order valence-corrected chi connectivity index (χ3v) is 2.88. The van der Waals surface area contributed by atoms with Crippen LogP contribution >= 0.6 is 0 Å². The number of benzene rings is 1. The number of nitrogens with zero attached hydrogens (tertiary/aromatic N) is 1. The summed E-state index contributed by atoms with van der Waals surface area (Å²) >= 11 is 0. The van der Waals surface area contributed by atoms with Gasteiger partial charge in [0.15, 0.2) is 0 Å². The molecule has 1 aromatic heterocycles. The van der Waals surface area contributed by atoms with Crippen LogP contribution in [0.4, 0.5) is 0 Å². The van der Waals surface area contributed by atoms with Gasteiger partial charge >= 0.3 is 0 Å². The highest BCUT2D eigenvalue weighted by molar-refractivity contribution is 6.08. The smallest absolute Gasteiger partial charge is 0.253 e. The Balaban J connectivity index is 2.82. The Bertz CT molecular complexity index is 585. The van der Waals surface area contributed by atoms with Gasteiger partial charge in [-0.2, -0.15) is 0 Å². The lowest BCUT2D eigenvalue weighted by atomic mass is 10.1. The van der Waals surface area contributed by atoms with E-state index in [-0.39, 0.29) is 5.91 Å². The van der Waals surface area contributed by atoms with Gasteiger partial charge in [0.25, 0.3) is 5.91 Å². The molecule has 0 fully saturated rings. The van der Waals surface area contributed by atoms with Crippen molar-refractivity contribution in [2.24, 2.45) is 7.05 Å². The first kappa shape index (κ1) is 11.5. The molecule has 0 aliphatic heterocycles. The minimum atomic E-state index is -0.0803. The Labute approximate surface area is 100 Å². The lowest BCUT2D eigenvalue weighted by molar-refractivity contribution is 0.0964. The van der Waals surface area contributed by atoms with Crippen LogP contribution in [0.5, 0.6) is 5.75 Å². The Kier molecular flexibility index (Phi) is 2.79. The van der Waals surface area contributed by atoms with Gasteiger partial charge in [-0.15, -0.1) is 0 Å². The Hall–Kier alpha value is -1.97. The van der Waals surface area contributed by atoms with Crippen molar-refractivity contribution >= 4 is 16.8 Å². The molecule has 17 heavy (non-hydrogen) atoms. The number of hydrogen-bond donors (Lipinski definition) is 1. The quantitative estimate of drug-likeness (QED) is 0.858. The lowest BCUT2D eigenvalue weighted by Crippen LogP contribution is -2.17. The maximum absolute atomic E-state index is 11.8. The van der Waals surface area contributed by atoms with Crippen molar-refractivity contribution in [2.75, 3.05) is 14.2 Å². The van der Waals surface area contributed by atoms with Crippen molar-refractivity contribution in [3.63, 3.8) is 0 Å². The van der Waals surface area contributed by atoms with Crippen LogP contribution in [0.15, 0.2) is 18.3 Å². The minimum Gasteiger partial charge on any atom is -0.495 e. The summed E-state index contributed by atoms with van der Waals surface area (Å²) in [6, 6.07) is 3.97. The van der Waals surface area contributed by atoms with Crippen LogP contribution in [0.2, 0.25) is 0 Å². The van der Waals surface area contributed by atoms with E-state index in [9.17, 15) is 4.79 Å². The van der Waals surface area contributed by atoms with Gasteiger partial charge < -0.3 is 14.6 Å². The van der Waals surface area contributed by atoms with Gasteiger partial charge in [-0.3, -0.25) is 4.79 Å². The number of nitrogens with one attached hydrogen (secondary N) is 1. The third kappa shape index (κ3) is 1.75. The summed E-state index contributed by atoms with van der Waals surface area (Å²) in [7, 11) is 5.18. The van der Waals surface area contributed by atoms with Crippen LogP contribution in [-0.2, 0) is 7.05 Å². The number of rotatable bonds is 2. The monoisotopic (exact) mass is 232 g/mol. The Morgan fingerprint density at radius 3 is 2.71 bits per heavy atom. The number of amides is 1. The van der Waals surface area contributed by atoms with E-state index in [1.54, 1.807) is 14.2 Å². The van der Waals surface area contributed by atoms with Crippen molar-refractivity contribution in [1.82, 2.24) is 9.88 Å². The molecule has 1 N–H and O–H groups in total. The molecule has 0 aliphatic carbocycles. The average Bonchev–Trinajstić information content (AvgIpc) is 2.64. The number of ether oxygens (including phenoxy) is 1. The molecule has 4 nitrogen and oxygen atoms in total. The number of hydrogen-bond acceptors (Lipinski definition) is 2. The maximum atomic E-state index is 11.8. The fourth-order valence-corrected chi connectivity index (χ4v) is 2.11. The summed E-state index contributed by atoms with van der Waals surface area (Å²) in [4.78, 5) is 11.8. The van der Waals surface area contributed by atoms with Gasteiger partial charge in [0.1, 0.15) is 5.75 Å². The van der Waals surface area contributed by atoms with Gasteiger partial charge in [-0.1, -0.05) is 0 Å². The van der Waals surface area contributed by atoms with Gasteiger partial charge in [0.2, 0.25) is 0 Å². The third-order valence-electron chi connectivity index (χ3n) is 2.88. The molecule has 1 heterocycles. The second-order valence-corrected chi connectivity index (χ2v) is 4.10. The van der Waals surface area contributed by atoms with Crippen LogP contribution in [0.25, 0.3) is 10.9 Å². The molecule has 1 amide bonds. The Morgan fingerprint density at radius 2 is 2.12 bits per heavy atom. The highest BCUT2D eigenvalue weighted by Crippen LogP contribution is 2.30. The van der Waals surface area contributed by atoms with E-state index in [1.165, 1.54) is 0 Å². The standard InChI is InChI=1S/C13H16N2O2/c1-8-5-9-10(13(16)14-2)7-15(3)12(9)11(6-8)17-4/h5-7H,1-4H3,(H,14,16). The summed E-state index contributed by atoms with van der Waals surface area (Å²) in [5.41, 5.74) is 2.69. The van der Waals surface area contributed by atoms with Crippen molar-refractivity contribution in [3.8, 4) is 5.75 Å². The summed E-state index contributed by atoms with van der Waals surface area (Å²) in [5.74, 6) is 0.709. The average molecular weight is 232 g/mol. The molecule has 0 saturated heterocycles. The molecule has 4 heteroatoms. The number of carbonyl (C=O) groups excluding carboxylic acids is 1. The molecule has 2 aromatic rings. The normalized spacial score (nSPS) is 10.6. The van der Waals surface area contributed by atoms with Crippen LogP contribution in [0.1, 0.15) is 15.9 Å². The molecular weight excluding hydrogens is 216 g/mol. The SMILES string of the molecule is CNC(=O)c1cn(C)c2c(OC)cc(C)cc12. The first-order valence-corrected chi connectivity index (χ1v) is 5.44. The summed E-state index contributed by atoms with van der Waals surface area (Å²) in [6.45, 7) is 1.99. The van der Waals surface area contributed by atoms with Crippen LogP contribution < -0.4 is 10.1 Å². The van der Waals surface area contributed by atoms with E-state index >= 15 is 0 Å². The molecule has 0 saturated carbocycles. The molecule has 0 bridgehead atoms. The summed E-state index contributed by atoms with van der Waals surface area (Å²) < 4.78 is 7.28. The van der Waals surface area contributed by atoms with E-state index in [2.05, 4.69) is 5.32 Å². The minimum absolute atomic E-state index is 0.0803. The fourth-order valence-electron chi connectivity index (χ4n) is 2.11. The second kappa shape index (κ2) is 4.13. The molecular formula is C13H16N2O2. The van der Waals surface area contributed by atoms with Crippen molar-refractivity contribution < 1.29 is 9.53 Å². The van der Waals surface area contributed by atoms with Gasteiger partial charge in [-0.25, -0.2) is 0 Å². The van der Waals surface area contributed by atoms with Crippen LogP contribution in [0.3, 0.4) is 0 Å². The number of methoxy groups -OCH3 is 1. The number of aryl methyl sites for hydroxylation is 2. The highest BCUT2D eigenvalue weighted by atomic mass is 16.5. The van der Waals surface area contributed by atoms with E-state index in [0.717, 1.165) is 22.2 Å². The first-order chi connectivity index (χ1) is 8.08. The number of fused-ring (bicyclic) bond motifs is 1. The lowest BCUT2D eigenvalue weighted by Gasteiger charge is -2.06. The first-order valence-electron chi connectivity index (χ1n) is 5.44. The fraction of sp³-hybridized carbons (Fsp3) is 0.308. The largest absolute Gasteiger partial charge is 0.495 e. The predicted molar refractivity (Wildman–Crippen MR) is 67.6 cm³/mol. The zero-order valence-electron chi connectivity index (χ0n) is 10.5. The van der Waals surface area contributed by atoms with E-state index in [4.69, 9.17) is 4.74 Å². The number of carbonyl (C=O) groups is 1. The molecule has 2 rings (SSSR count). The zero-order chi connectivity index (χ0) is 12.6. The molecule has 90 valence electrons. The van der Waals surface area contributed by atoms with E-state index in [1.807, 2.05) is 36.9 Å². The van der Waals surface area contributed by atoms with Crippen LogP contribution in [-0.4, -0.2) is 24.6 Å². The van der Waals surface area contributed by atoms with E-state index < -0.39 is 0 Å². The highest BCUT2D eigenvalue weighted by Gasteiger charge is 2.16. The molecule has 0 spiro atoms. The van der Waals surface area contributed by atoms with Gasteiger partial charge in [0, 0.05) is 25.7 Å². The maximum Gasteiger partial charge on any atom is 0.253 e. The molecule has 0 radical (unpaired) electrons. The molecule has 0 aliphatic rings. The molecule has 0 unspecified atom stereocenters. The second-order valence-electron chi connectivity index (χ2n) is 4.10. The van der Waals surface area contributed by atoms with E-state index in [0.29, 0.717) is 5.56 Å². The topological polar surface area (TPSA) is 43.3 Å². The zero-order valence-corrected chi connectivity index (χ0v) is 10.5.